The Hall–Kier alpha value is -1.26. The van der Waals surface area contributed by atoms with E-state index >= 15 is 0 Å². The fourth-order valence-electron chi connectivity index (χ4n) is 2.25. The lowest BCUT2D eigenvalue weighted by Gasteiger charge is -2.25. The molecule has 1 aromatic rings. The maximum Gasteiger partial charge on any atom is 0.165 e. The van der Waals surface area contributed by atoms with Crippen LogP contribution in [0.3, 0.4) is 0 Å². The van der Waals surface area contributed by atoms with E-state index in [0.717, 1.165) is 31.1 Å². The van der Waals surface area contributed by atoms with Gasteiger partial charge in [-0.25, -0.2) is 0 Å². The van der Waals surface area contributed by atoms with Crippen LogP contribution in [0.25, 0.3) is 0 Å². The highest BCUT2D eigenvalue weighted by Crippen LogP contribution is 2.34. The van der Waals surface area contributed by atoms with E-state index in [2.05, 4.69) is 44.1 Å². The predicted octanol–water partition coefficient (Wildman–Crippen LogP) is 2.28. The van der Waals surface area contributed by atoms with Gasteiger partial charge in [0.05, 0.1) is 0 Å². The van der Waals surface area contributed by atoms with Crippen molar-refractivity contribution in [3.63, 3.8) is 0 Å². The molecule has 4 nitrogen and oxygen atoms in total. The zero-order valence-corrected chi connectivity index (χ0v) is 13.0. The van der Waals surface area contributed by atoms with Gasteiger partial charge in [0.15, 0.2) is 11.5 Å². The molecular weight excluding hydrogens is 252 g/mol. The summed E-state index contributed by atoms with van der Waals surface area (Å²) in [5, 5.41) is 3.50. The molecule has 0 atom stereocenters. The molecule has 0 saturated heterocycles. The Morgan fingerprint density at radius 1 is 1.20 bits per heavy atom. The minimum absolute atomic E-state index is 0.170. The van der Waals surface area contributed by atoms with E-state index < -0.39 is 0 Å². The molecule has 4 heteroatoms. The molecule has 20 heavy (non-hydrogen) atoms. The number of nitrogens with one attached hydrogen (secondary N) is 1. The maximum atomic E-state index is 5.75. The molecular formula is C16H26N2O2. The third-order valence-corrected chi connectivity index (χ3v) is 3.24. The van der Waals surface area contributed by atoms with Crippen LogP contribution in [0.5, 0.6) is 11.5 Å². The molecule has 0 fully saturated rings. The Bertz CT molecular complexity index is 441. The SMILES string of the molecule is CN(CCNC(C)(C)C)Cc1cccc2c1OCCO2. The molecule has 0 spiro atoms. The van der Waals surface area contributed by atoms with Crippen molar-refractivity contribution in [1.82, 2.24) is 10.2 Å². The summed E-state index contributed by atoms with van der Waals surface area (Å²) in [6, 6.07) is 6.12. The van der Waals surface area contributed by atoms with Crippen molar-refractivity contribution in [2.75, 3.05) is 33.4 Å². The van der Waals surface area contributed by atoms with Crippen LogP contribution in [0, 0.1) is 0 Å². The van der Waals surface area contributed by atoms with Crippen molar-refractivity contribution in [3.8, 4) is 11.5 Å². The number of likely N-dealkylation sites (N-methyl/N-ethyl adjacent to an activating group) is 1. The van der Waals surface area contributed by atoms with Crippen LogP contribution in [-0.4, -0.2) is 43.8 Å². The van der Waals surface area contributed by atoms with Gasteiger partial charge in [-0.2, -0.15) is 0 Å². The molecule has 112 valence electrons. The molecule has 0 amide bonds. The molecule has 0 unspecified atom stereocenters. The minimum atomic E-state index is 0.170. The summed E-state index contributed by atoms with van der Waals surface area (Å²) in [5.41, 5.74) is 1.37. The first kappa shape index (κ1) is 15.1. The van der Waals surface area contributed by atoms with Crippen LogP contribution in [0.4, 0.5) is 0 Å². The monoisotopic (exact) mass is 278 g/mol. The Morgan fingerprint density at radius 2 is 1.95 bits per heavy atom. The second kappa shape index (κ2) is 6.46. The van der Waals surface area contributed by atoms with E-state index in [0.29, 0.717) is 13.2 Å². The lowest BCUT2D eigenvalue weighted by molar-refractivity contribution is 0.167. The van der Waals surface area contributed by atoms with Crippen LogP contribution < -0.4 is 14.8 Å². The van der Waals surface area contributed by atoms with Crippen molar-refractivity contribution >= 4 is 0 Å². The Labute approximate surface area is 122 Å². The van der Waals surface area contributed by atoms with Crippen molar-refractivity contribution < 1.29 is 9.47 Å². The van der Waals surface area contributed by atoms with Gasteiger partial charge in [0.1, 0.15) is 13.2 Å². The molecule has 0 saturated carbocycles. The molecule has 0 aliphatic carbocycles. The first-order chi connectivity index (χ1) is 9.46. The van der Waals surface area contributed by atoms with E-state index in [1.165, 1.54) is 5.56 Å². The normalized spacial score (nSPS) is 14.7. The summed E-state index contributed by atoms with van der Waals surface area (Å²) in [7, 11) is 2.13. The summed E-state index contributed by atoms with van der Waals surface area (Å²) < 4.78 is 11.4. The first-order valence-corrected chi connectivity index (χ1v) is 7.27. The van der Waals surface area contributed by atoms with E-state index in [1.54, 1.807) is 0 Å². The Kier molecular flexibility index (Phi) is 4.89. The highest BCUT2D eigenvalue weighted by atomic mass is 16.6. The number of hydrogen-bond donors (Lipinski definition) is 1. The fraction of sp³-hybridized carbons (Fsp3) is 0.625. The van der Waals surface area contributed by atoms with E-state index in [-0.39, 0.29) is 5.54 Å². The van der Waals surface area contributed by atoms with Gasteiger partial charge in [0.25, 0.3) is 0 Å². The highest BCUT2D eigenvalue weighted by Gasteiger charge is 2.16. The molecule has 0 aromatic heterocycles. The smallest absolute Gasteiger partial charge is 0.165 e. The van der Waals surface area contributed by atoms with Crippen LogP contribution in [-0.2, 0) is 6.54 Å². The van der Waals surface area contributed by atoms with Crippen molar-refractivity contribution in [1.29, 1.82) is 0 Å². The van der Waals surface area contributed by atoms with Gasteiger partial charge in [0.2, 0.25) is 0 Å². The molecule has 0 bridgehead atoms. The van der Waals surface area contributed by atoms with Gasteiger partial charge in [-0.15, -0.1) is 0 Å². The predicted molar refractivity (Wildman–Crippen MR) is 81.5 cm³/mol. The Balaban J connectivity index is 1.90. The second-order valence-corrected chi connectivity index (χ2v) is 6.36. The molecule has 0 radical (unpaired) electrons. The van der Waals surface area contributed by atoms with Crippen LogP contribution in [0.1, 0.15) is 26.3 Å². The van der Waals surface area contributed by atoms with Crippen molar-refractivity contribution in [3.05, 3.63) is 23.8 Å². The van der Waals surface area contributed by atoms with E-state index in [1.807, 2.05) is 12.1 Å². The second-order valence-electron chi connectivity index (χ2n) is 6.36. The summed E-state index contributed by atoms with van der Waals surface area (Å²) in [6.45, 7) is 10.7. The van der Waals surface area contributed by atoms with Gasteiger partial charge < -0.3 is 19.7 Å². The van der Waals surface area contributed by atoms with Gasteiger partial charge in [-0.1, -0.05) is 12.1 Å². The molecule has 1 heterocycles. The standard InChI is InChI=1S/C16H26N2O2/c1-16(2,3)17-8-9-18(4)12-13-6-5-7-14-15(13)20-11-10-19-14/h5-7,17H,8-12H2,1-4H3. The van der Waals surface area contributed by atoms with Crippen LogP contribution in [0.15, 0.2) is 18.2 Å². The Morgan fingerprint density at radius 3 is 2.70 bits per heavy atom. The molecule has 1 aliphatic heterocycles. The van der Waals surface area contributed by atoms with Crippen LogP contribution in [0.2, 0.25) is 0 Å². The van der Waals surface area contributed by atoms with Gasteiger partial charge in [0, 0.05) is 30.7 Å². The lowest BCUT2D eigenvalue weighted by atomic mass is 10.1. The van der Waals surface area contributed by atoms with Crippen molar-refractivity contribution in [2.45, 2.75) is 32.9 Å². The molecule has 1 aliphatic rings. The number of nitrogens with zero attached hydrogens (tertiary/aromatic N) is 1. The number of ether oxygens (including phenoxy) is 2. The number of rotatable bonds is 5. The molecule has 1 N–H and O–H groups in total. The molecule has 2 rings (SSSR count). The maximum absolute atomic E-state index is 5.75. The van der Waals surface area contributed by atoms with E-state index in [4.69, 9.17) is 9.47 Å². The molecule has 1 aromatic carbocycles. The van der Waals surface area contributed by atoms with Gasteiger partial charge >= 0.3 is 0 Å². The first-order valence-electron chi connectivity index (χ1n) is 7.27. The third-order valence-electron chi connectivity index (χ3n) is 3.24. The number of hydrogen-bond acceptors (Lipinski definition) is 4. The number of para-hydroxylation sites is 1. The largest absolute Gasteiger partial charge is 0.486 e. The third kappa shape index (κ3) is 4.39. The summed E-state index contributed by atoms with van der Waals surface area (Å²) in [5.74, 6) is 1.78. The lowest BCUT2D eigenvalue weighted by Crippen LogP contribution is -2.40. The van der Waals surface area contributed by atoms with Crippen molar-refractivity contribution in [2.24, 2.45) is 0 Å². The topological polar surface area (TPSA) is 33.7 Å². The summed E-state index contributed by atoms with van der Waals surface area (Å²) in [6.07, 6.45) is 0. The zero-order chi connectivity index (χ0) is 14.6. The summed E-state index contributed by atoms with van der Waals surface area (Å²) in [4.78, 5) is 2.30. The average molecular weight is 278 g/mol. The van der Waals surface area contributed by atoms with Crippen LogP contribution >= 0.6 is 0 Å². The van der Waals surface area contributed by atoms with Gasteiger partial charge in [-0.3, -0.25) is 0 Å². The average Bonchev–Trinajstić information content (AvgIpc) is 2.37. The number of fused-ring (bicyclic) bond motifs is 1. The number of benzene rings is 1. The van der Waals surface area contributed by atoms with E-state index in [9.17, 15) is 0 Å². The minimum Gasteiger partial charge on any atom is -0.486 e. The zero-order valence-electron chi connectivity index (χ0n) is 13.0. The summed E-state index contributed by atoms with van der Waals surface area (Å²) >= 11 is 0. The quantitative estimate of drug-likeness (QED) is 0.896. The van der Waals surface area contributed by atoms with Gasteiger partial charge in [-0.05, 0) is 33.9 Å². The highest BCUT2D eigenvalue weighted by molar-refractivity contribution is 5.47. The fourth-order valence-corrected chi connectivity index (χ4v) is 2.25.